The lowest BCUT2D eigenvalue weighted by molar-refractivity contribution is 0.0983. The molecule has 0 aliphatic heterocycles. The quantitative estimate of drug-likeness (QED) is 0.183. The summed E-state index contributed by atoms with van der Waals surface area (Å²) in [5.74, 6) is 2.75. The lowest BCUT2D eigenvalue weighted by Gasteiger charge is -2.32. The Labute approximate surface area is 180 Å². The second kappa shape index (κ2) is 8.87. The Morgan fingerprint density at radius 1 is 1.11 bits per heavy atom. The number of allylic oxidation sites excluding steroid dienone is 1. The molecule has 1 unspecified atom stereocenters. The molecule has 0 bridgehead atoms. The molecule has 0 heterocycles. The molecule has 2 aliphatic carbocycles. The molecule has 0 saturated heterocycles. The summed E-state index contributed by atoms with van der Waals surface area (Å²) in [6.07, 6.45) is 10.6. The first-order valence-electron chi connectivity index (χ1n) is 10.9. The first-order chi connectivity index (χ1) is 13.2. The van der Waals surface area contributed by atoms with Gasteiger partial charge in [-0.2, -0.15) is 0 Å². The summed E-state index contributed by atoms with van der Waals surface area (Å²) in [5.41, 5.74) is 3.48. The largest absolute Gasteiger partial charge is 0.542 e. The number of halogens is 1. The molecule has 3 rings (SSSR count). The summed E-state index contributed by atoms with van der Waals surface area (Å²) in [4.78, 5) is 12.9. The van der Waals surface area contributed by atoms with Gasteiger partial charge in [0.25, 0.3) is 0 Å². The van der Waals surface area contributed by atoms with Gasteiger partial charge >= 0.3 is 0 Å². The summed E-state index contributed by atoms with van der Waals surface area (Å²) >= 11 is 3.63. The van der Waals surface area contributed by atoms with Gasteiger partial charge in [-0.05, 0) is 86.3 Å². The number of fused-ring (bicyclic) bond motifs is 1. The zero-order valence-electron chi connectivity index (χ0n) is 17.9. The number of Topliss-reactive ketones (excluding diaryl/α,β-unsaturated/α-hetero) is 1. The van der Waals surface area contributed by atoms with Crippen LogP contribution in [0.25, 0.3) is 0 Å². The Hall–Kier alpha value is -0.873. The van der Waals surface area contributed by atoms with Gasteiger partial charge in [0.2, 0.25) is 14.1 Å². The lowest BCUT2D eigenvalue weighted by atomic mass is 9.74. The number of carbonyl (C=O) groups excluding carboxylic acids is 1. The van der Waals surface area contributed by atoms with Gasteiger partial charge in [0.1, 0.15) is 5.76 Å². The van der Waals surface area contributed by atoms with Crippen molar-refractivity contribution in [2.45, 2.75) is 77.9 Å². The second-order valence-electron chi connectivity index (χ2n) is 9.81. The fraction of sp³-hybridized carbons (Fsp3) is 0.625. The van der Waals surface area contributed by atoms with Crippen LogP contribution in [0.1, 0.15) is 66.9 Å². The third-order valence-corrected chi connectivity index (χ3v) is 7.95. The summed E-state index contributed by atoms with van der Waals surface area (Å²) in [7, 11) is -1.83. The zero-order chi connectivity index (χ0) is 20.5. The molecule has 0 spiro atoms. The molecular weight excluding hydrogens is 428 g/mol. The highest BCUT2D eigenvalue weighted by atomic mass is 79.9. The maximum atomic E-state index is 12.9. The molecule has 1 atom stereocenters. The number of hydrogen-bond donors (Lipinski definition) is 0. The second-order valence-corrected chi connectivity index (χ2v) is 15.1. The smallest absolute Gasteiger partial charge is 0.242 e. The molecular formula is C24H35BrO2Si. The number of rotatable bonds is 7. The number of ketones is 1. The van der Waals surface area contributed by atoms with Crippen LogP contribution in [0.5, 0.6) is 0 Å². The van der Waals surface area contributed by atoms with Crippen molar-refractivity contribution in [1.82, 2.24) is 0 Å². The molecule has 154 valence electrons. The van der Waals surface area contributed by atoms with E-state index in [4.69, 9.17) is 4.43 Å². The average Bonchev–Trinajstić information content (AvgIpc) is 3.02. The molecule has 1 fully saturated rings. The molecule has 0 radical (unpaired) electrons. The van der Waals surface area contributed by atoms with E-state index >= 15 is 0 Å². The van der Waals surface area contributed by atoms with E-state index in [9.17, 15) is 4.79 Å². The summed E-state index contributed by atoms with van der Waals surface area (Å²) in [6, 6.07) is 4.27. The van der Waals surface area contributed by atoms with Crippen LogP contribution in [0, 0.1) is 17.8 Å². The van der Waals surface area contributed by atoms with E-state index in [1.807, 2.05) is 0 Å². The standard InChI is InChI=1S/C24H35BrO2Si/c1-6-7-17-8-10-18(11-9-17)19-12-20-14-22(23(25)15-21(20)13-19)24(26)16(2)27-28(3,4)5/h14-15,17-19H,2,6-13H2,1,3-5H3. The van der Waals surface area contributed by atoms with Crippen LogP contribution in [0.3, 0.4) is 0 Å². The third-order valence-electron chi connectivity index (χ3n) is 6.44. The molecule has 1 aromatic carbocycles. The van der Waals surface area contributed by atoms with Crippen molar-refractivity contribution in [3.8, 4) is 0 Å². The predicted molar refractivity (Wildman–Crippen MR) is 123 cm³/mol. The normalized spacial score (nSPS) is 24.7. The predicted octanol–water partition coefficient (Wildman–Crippen LogP) is 7.32. The Balaban J connectivity index is 1.68. The van der Waals surface area contributed by atoms with Gasteiger partial charge in [-0.1, -0.05) is 55.1 Å². The number of hydrogen-bond acceptors (Lipinski definition) is 2. The lowest BCUT2D eigenvalue weighted by Crippen LogP contribution is -2.27. The van der Waals surface area contributed by atoms with E-state index in [2.05, 4.69) is 61.2 Å². The highest BCUT2D eigenvalue weighted by molar-refractivity contribution is 9.10. The van der Waals surface area contributed by atoms with E-state index < -0.39 is 8.32 Å². The van der Waals surface area contributed by atoms with Crippen LogP contribution in [0.4, 0.5) is 0 Å². The molecule has 0 N–H and O–H groups in total. The minimum Gasteiger partial charge on any atom is -0.542 e. The monoisotopic (exact) mass is 462 g/mol. The van der Waals surface area contributed by atoms with Crippen molar-refractivity contribution in [3.63, 3.8) is 0 Å². The van der Waals surface area contributed by atoms with Crippen LogP contribution >= 0.6 is 15.9 Å². The van der Waals surface area contributed by atoms with Gasteiger partial charge in [0.05, 0.1) is 0 Å². The Morgan fingerprint density at radius 3 is 2.29 bits per heavy atom. The average molecular weight is 464 g/mol. The van der Waals surface area contributed by atoms with Crippen LogP contribution in [-0.4, -0.2) is 14.1 Å². The van der Waals surface area contributed by atoms with Crippen LogP contribution < -0.4 is 0 Å². The van der Waals surface area contributed by atoms with Gasteiger partial charge in [0.15, 0.2) is 0 Å². The Morgan fingerprint density at radius 2 is 1.71 bits per heavy atom. The molecule has 2 nitrogen and oxygen atoms in total. The molecule has 0 aromatic heterocycles. The maximum Gasteiger partial charge on any atom is 0.242 e. The van der Waals surface area contributed by atoms with Gasteiger partial charge < -0.3 is 4.43 Å². The van der Waals surface area contributed by atoms with Crippen molar-refractivity contribution in [3.05, 3.63) is 45.6 Å². The highest BCUT2D eigenvalue weighted by Crippen LogP contribution is 2.42. The van der Waals surface area contributed by atoms with Crippen molar-refractivity contribution in [1.29, 1.82) is 0 Å². The first-order valence-corrected chi connectivity index (χ1v) is 15.1. The van der Waals surface area contributed by atoms with E-state index in [1.165, 1.54) is 49.7 Å². The maximum absolute atomic E-state index is 12.9. The van der Waals surface area contributed by atoms with Crippen molar-refractivity contribution >= 4 is 30.0 Å². The van der Waals surface area contributed by atoms with E-state index in [0.717, 1.165) is 35.1 Å². The van der Waals surface area contributed by atoms with Crippen LogP contribution in [-0.2, 0) is 17.3 Å². The molecule has 0 amide bonds. The van der Waals surface area contributed by atoms with E-state index in [-0.39, 0.29) is 11.5 Å². The Kier molecular flexibility index (Phi) is 6.91. The van der Waals surface area contributed by atoms with E-state index in [0.29, 0.717) is 5.56 Å². The molecule has 28 heavy (non-hydrogen) atoms. The van der Waals surface area contributed by atoms with Gasteiger partial charge in [-0.3, -0.25) is 4.79 Å². The fourth-order valence-electron chi connectivity index (χ4n) is 5.11. The number of carbonyl (C=O) groups is 1. The van der Waals surface area contributed by atoms with E-state index in [1.54, 1.807) is 0 Å². The number of benzene rings is 1. The minimum absolute atomic E-state index is 0.0828. The molecule has 1 saturated carbocycles. The fourth-order valence-corrected chi connectivity index (χ4v) is 6.51. The highest BCUT2D eigenvalue weighted by Gasteiger charge is 2.33. The van der Waals surface area contributed by atoms with Crippen molar-refractivity contribution in [2.75, 3.05) is 0 Å². The van der Waals surface area contributed by atoms with Gasteiger partial charge in [-0.25, -0.2) is 0 Å². The topological polar surface area (TPSA) is 26.3 Å². The zero-order valence-corrected chi connectivity index (χ0v) is 20.5. The molecule has 2 aliphatic rings. The van der Waals surface area contributed by atoms with Crippen LogP contribution in [0.15, 0.2) is 28.9 Å². The third kappa shape index (κ3) is 5.18. The summed E-state index contributed by atoms with van der Waals surface area (Å²) in [6.45, 7) is 12.4. The minimum atomic E-state index is -1.83. The van der Waals surface area contributed by atoms with Crippen molar-refractivity contribution < 1.29 is 9.22 Å². The van der Waals surface area contributed by atoms with Gasteiger partial charge in [-0.15, -0.1) is 0 Å². The molecule has 4 heteroatoms. The summed E-state index contributed by atoms with van der Waals surface area (Å²) < 4.78 is 6.73. The van der Waals surface area contributed by atoms with Gasteiger partial charge in [0, 0.05) is 10.0 Å². The summed E-state index contributed by atoms with van der Waals surface area (Å²) in [5, 5.41) is 0. The van der Waals surface area contributed by atoms with Crippen LogP contribution in [0.2, 0.25) is 19.6 Å². The Bertz CT molecular complexity index is 742. The first kappa shape index (κ1) is 21.8. The van der Waals surface area contributed by atoms with Crippen molar-refractivity contribution in [2.24, 2.45) is 17.8 Å². The molecule has 1 aromatic rings. The SMILES string of the molecule is C=C(O[Si](C)(C)C)C(=O)c1cc2c(cc1Br)CC(C1CCC(CCC)CC1)C2.